The van der Waals surface area contributed by atoms with Crippen LogP contribution in [0.1, 0.15) is 12.5 Å². The van der Waals surface area contributed by atoms with Crippen molar-refractivity contribution in [1.29, 1.82) is 0 Å². The summed E-state index contributed by atoms with van der Waals surface area (Å²) in [4.78, 5) is 10.8. The molecular formula is C19H23FN6. The molecule has 2 aromatic rings. The van der Waals surface area contributed by atoms with Gasteiger partial charge in [-0.25, -0.2) is 4.39 Å². The molecule has 2 aliphatic heterocycles. The SMILES string of the molecule is CC1NC=C(NCc2ccc3nccnc3c2)C(N2CCNCC2)=C1F. The molecule has 1 unspecified atom stereocenters. The predicted molar refractivity (Wildman–Crippen MR) is 99.6 cm³/mol. The third-order valence-electron chi connectivity index (χ3n) is 4.79. The number of rotatable bonds is 4. The van der Waals surface area contributed by atoms with E-state index in [4.69, 9.17) is 0 Å². The monoisotopic (exact) mass is 354 g/mol. The van der Waals surface area contributed by atoms with E-state index in [1.807, 2.05) is 31.3 Å². The number of benzene rings is 1. The van der Waals surface area contributed by atoms with Crippen LogP contribution in [0.2, 0.25) is 0 Å². The number of dihydropyridines is 1. The van der Waals surface area contributed by atoms with Crippen molar-refractivity contribution in [1.82, 2.24) is 30.8 Å². The predicted octanol–water partition coefficient (Wildman–Crippen LogP) is 1.64. The molecule has 0 aliphatic carbocycles. The highest BCUT2D eigenvalue weighted by Gasteiger charge is 2.27. The van der Waals surface area contributed by atoms with Gasteiger partial charge in [0.15, 0.2) is 0 Å². The van der Waals surface area contributed by atoms with Crippen molar-refractivity contribution in [3.05, 3.63) is 59.6 Å². The van der Waals surface area contributed by atoms with E-state index < -0.39 is 0 Å². The van der Waals surface area contributed by atoms with Crippen molar-refractivity contribution in [3.8, 4) is 0 Å². The normalized spacial score (nSPS) is 20.8. The zero-order chi connectivity index (χ0) is 17.9. The Morgan fingerprint density at radius 2 is 1.96 bits per heavy atom. The zero-order valence-electron chi connectivity index (χ0n) is 14.8. The number of hydrogen-bond acceptors (Lipinski definition) is 6. The van der Waals surface area contributed by atoms with Gasteiger partial charge in [0.25, 0.3) is 0 Å². The molecule has 1 aromatic heterocycles. The second-order valence-electron chi connectivity index (χ2n) is 6.61. The van der Waals surface area contributed by atoms with Gasteiger partial charge < -0.3 is 20.9 Å². The molecule has 3 heterocycles. The molecule has 0 radical (unpaired) electrons. The van der Waals surface area contributed by atoms with E-state index >= 15 is 0 Å². The standard InChI is InChI=1S/C19H23FN6/c1-13-18(20)19(26-8-6-21-7-9-26)17(12-24-13)25-11-14-2-3-15-16(10-14)23-5-4-22-15/h2-5,10,12-13,21,24-25H,6-9,11H2,1H3. The van der Waals surface area contributed by atoms with Crippen LogP contribution in [0, 0.1) is 0 Å². The minimum absolute atomic E-state index is 0.110. The summed E-state index contributed by atoms with van der Waals surface area (Å²) in [6, 6.07) is 5.69. The van der Waals surface area contributed by atoms with Crippen LogP contribution >= 0.6 is 0 Å². The summed E-state index contributed by atoms with van der Waals surface area (Å²) in [6.45, 7) is 5.79. The lowest BCUT2D eigenvalue weighted by atomic mass is 10.1. The van der Waals surface area contributed by atoms with Crippen molar-refractivity contribution in [3.63, 3.8) is 0 Å². The highest BCUT2D eigenvalue weighted by atomic mass is 19.1. The summed E-state index contributed by atoms with van der Waals surface area (Å²) in [7, 11) is 0. The van der Waals surface area contributed by atoms with E-state index in [9.17, 15) is 4.39 Å². The second-order valence-corrected chi connectivity index (χ2v) is 6.61. The lowest BCUT2D eigenvalue weighted by Gasteiger charge is -2.36. The fourth-order valence-corrected chi connectivity index (χ4v) is 3.34. The Morgan fingerprint density at radius 1 is 1.19 bits per heavy atom. The molecule has 1 aromatic carbocycles. The Labute approximate surface area is 152 Å². The summed E-state index contributed by atoms with van der Waals surface area (Å²) < 4.78 is 14.9. The van der Waals surface area contributed by atoms with E-state index in [1.165, 1.54) is 0 Å². The van der Waals surface area contributed by atoms with Gasteiger partial charge in [-0.3, -0.25) is 9.97 Å². The molecule has 6 nitrogen and oxygen atoms in total. The number of nitrogens with one attached hydrogen (secondary N) is 3. The topological polar surface area (TPSA) is 65.1 Å². The van der Waals surface area contributed by atoms with Gasteiger partial charge >= 0.3 is 0 Å². The van der Waals surface area contributed by atoms with Crippen LogP contribution in [0.4, 0.5) is 4.39 Å². The largest absolute Gasteiger partial charge is 0.380 e. The van der Waals surface area contributed by atoms with Gasteiger partial charge in [-0.2, -0.15) is 0 Å². The van der Waals surface area contributed by atoms with Gasteiger partial charge in [0.05, 0.1) is 28.5 Å². The van der Waals surface area contributed by atoms with Crippen LogP contribution in [-0.2, 0) is 6.54 Å². The number of aromatic nitrogens is 2. The van der Waals surface area contributed by atoms with E-state index in [0.717, 1.165) is 48.5 Å². The lowest BCUT2D eigenvalue weighted by Crippen LogP contribution is -2.46. The van der Waals surface area contributed by atoms with E-state index in [1.54, 1.807) is 12.4 Å². The van der Waals surface area contributed by atoms with Crippen molar-refractivity contribution >= 4 is 11.0 Å². The molecule has 7 heteroatoms. The molecule has 0 amide bonds. The Hall–Kier alpha value is -2.67. The van der Waals surface area contributed by atoms with Crippen LogP contribution in [0.15, 0.2) is 54.0 Å². The first-order valence-corrected chi connectivity index (χ1v) is 8.98. The quantitative estimate of drug-likeness (QED) is 0.776. The fourth-order valence-electron chi connectivity index (χ4n) is 3.34. The first-order chi connectivity index (χ1) is 12.7. The highest BCUT2D eigenvalue weighted by Crippen LogP contribution is 2.25. The van der Waals surface area contributed by atoms with Gasteiger partial charge in [-0.05, 0) is 24.6 Å². The van der Waals surface area contributed by atoms with Gasteiger partial charge in [0, 0.05) is 51.3 Å². The summed E-state index contributed by atoms with van der Waals surface area (Å²) in [5, 5.41) is 9.80. The fraction of sp³-hybridized carbons (Fsp3) is 0.368. The van der Waals surface area contributed by atoms with Crippen LogP contribution in [-0.4, -0.2) is 47.1 Å². The van der Waals surface area contributed by atoms with E-state index in [2.05, 4.69) is 30.8 Å². The first kappa shape index (κ1) is 16.8. The lowest BCUT2D eigenvalue weighted by molar-refractivity contribution is 0.282. The molecule has 4 rings (SSSR count). The molecule has 3 N–H and O–H groups in total. The molecule has 136 valence electrons. The molecule has 0 spiro atoms. The Morgan fingerprint density at radius 3 is 2.77 bits per heavy atom. The maximum absolute atomic E-state index is 14.9. The minimum atomic E-state index is -0.304. The maximum Gasteiger partial charge on any atom is 0.147 e. The van der Waals surface area contributed by atoms with Crippen LogP contribution in [0.5, 0.6) is 0 Å². The van der Waals surface area contributed by atoms with Crippen LogP contribution in [0.25, 0.3) is 11.0 Å². The average molecular weight is 354 g/mol. The van der Waals surface area contributed by atoms with E-state index in [0.29, 0.717) is 12.2 Å². The van der Waals surface area contributed by atoms with Crippen LogP contribution < -0.4 is 16.0 Å². The Balaban J connectivity index is 1.53. The smallest absolute Gasteiger partial charge is 0.147 e. The third-order valence-corrected chi connectivity index (χ3v) is 4.79. The van der Waals surface area contributed by atoms with Gasteiger partial charge in [0.1, 0.15) is 5.83 Å². The van der Waals surface area contributed by atoms with E-state index in [-0.39, 0.29) is 11.9 Å². The average Bonchev–Trinajstić information content (AvgIpc) is 2.69. The number of fused-ring (bicyclic) bond motifs is 1. The first-order valence-electron chi connectivity index (χ1n) is 8.98. The van der Waals surface area contributed by atoms with Gasteiger partial charge in [0.2, 0.25) is 0 Å². The molecular weight excluding hydrogens is 331 g/mol. The number of piperazine rings is 1. The summed E-state index contributed by atoms with van der Waals surface area (Å²) in [5.74, 6) is -0.110. The molecule has 1 fully saturated rings. The molecule has 2 aliphatic rings. The number of hydrogen-bond donors (Lipinski definition) is 3. The summed E-state index contributed by atoms with van der Waals surface area (Å²) >= 11 is 0. The molecule has 0 bridgehead atoms. The molecule has 1 saturated heterocycles. The molecule has 0 saturated carbocycles. The van der Waals surface area contributed by atoms with Crippen molar-refractivity contribution in [2.24, 2.45) is 0 Å². The highest BCUT2D eigenvalue weighted by molar-refractivity contribution is 5.74. The van der Waals surface area contributed by atoms with Gasteiger partial charge in [-0.1, -0.05) is 6.07 Å². The Bertz CT molecular complexity index is 856. The van der Waals surface area contributed by atoms with Crippen LogP contribution in [0.3, 0.4) is 0 Å². The minimum Gasteiger partial charge on any atom is -0.380 e. The van der Waals surface area contributed by atoms with Gasteiger partial charge in [-0.15, -0.1) is 0 Å². The second kappa shape index (κ2) is 7.29. The third kappa shape index (κ3) is 3.35. The summed E-state index contributed by atoms with van der Waals surface area (Å²) in [5.41, 5.74) is 4.29. The molecule has 26 heavy (non-hydrogen) atoms. The zero-order valence-corrected chi connectivity index (χ0v) is 14.8. The van der Waals surface area contributed by atoms with Crippen molar-refractivity contribution in [2.45, 2.75) is 19.5 Å². The number of halogens is 1. The maximum atomic E-state index is 14.9. The summed E-state index contributed by atoms with van der Waals surface area (Å²) in [6.07, 6.45) is 5.26. The van der Waals surface area contributed by atoms with Crippen molar-refractivity contribution < 1.29 is 4.39 Å². The molecule has 1 atom stereocenters. The number of nitrogens with zero attached hydrogens (tertiary/aromatic N) is 3. The van der Waals surface area contributed by atoms with Crippen molar-refractivity contribution in [2.75, 3.05) is 26.2 Å². The Kier molecular flexibility index (Phi) is 4.71.